The van der Waals surface area contributed by atoms with E-state index in [-0.39, 0.29) is 24.1 Å². The van der Waals surface area contributed by atoms with E-state index in [4.69, 9.17) is 23.2 Å². The molecule has 0 aliphatic heterocycles. The van der Waals surface area contributed by atoms with Crippen LogP contribution in [0.5, 0.6) is 0 Å². The number of carbonyl (C=O) groups excluding carboxylic acids is 2. The van der Waals surface area contributed by atoms with Crippen LogP contribution in [0.1, 0.15) is 37.0 Å². The molecule has 0 bridgehead atoms. The monoisotopic (exact) mass is 466 g/mol. The summed E-state index contributed by atoms with van der Waals surface area (Å²) < 4.78 is 0. The van der Waals surface area contributed by atoms with Crippen LogP contribution in [0, 0.1) is 6.92 Å². The standard InChI is InChI=1S/C23H28Cl2N2O2S/c1-4-21(23(29)26-5-2)27(13-17-10-11-19(24)12-20(17)25)22(28)15-30-14-18-9-7-6-8-16(18)3/h6-12,21H,4-5,13-15H2,1-3H3,(H,26,29). The number of aryl methyl sites for hydroxylation is 1. The van der Waals surface area contributed by atoms with Gasteiger partial charge < -0.3 is 10.2 Å². The normalized spacial score (nSPS) is 11.8. The van der Waals surface area contributed by atoms with Gasteiger partial charge in [-0.1, -0.05) is 60.5 Å². The third kappa shape index (κ3) is 6.93. The SMILES string of the molecule is CCNC(=O)C(CC)N(Cc1ccc(Cl)cc1Cl)C(=O)CSCc1ccccc1C. The van der Waals surface area contributed by atoms with E-state index in [1.165, 1.54) is 11.1 Å². The predicted octanol–water partition coefficient (Wildman–Crippen LogP) is 5.48. The van der Waals surface area contributed by atoms with Gasteiger partial charge in [0.2, 0.25) is 11.8 Å². The van der Waals surface area contributed by atoms with Crippen LogP contribution in [0.15, 0.2) is 42.5 Å². The summed E-state index contributed by atoms with van der Waals surface area (Å²) in [5.74, 6) is 0.793. The van der Waals surface area contributed by atoms with E-state index < -0.39 is 6.04 Å². The van der Waals surface area contributed by atoms with Crippen LogP contribution in [0.4, 0.5) is 0 Å². The number of hydrogen-bond donors (Lipinski definition) is 1. The van der Waals surface area contributed by atoms with Gasteiger partial charge in [-0.15, -0.1) is 11.8 Å². The zero-order chi connectivity index (χ0) is 22.1. The van der Waals surface area contributed by atoms with Gasteiger partial charge in [0.15, 0.2) is 0 Å². The average molecular weight is 467 g/mol. The Bertz CT molecular complexity index is 876. The Morgan fingerprint density at radius 3 is 2.47 bits per heavy atom. The van der Waals surface area contributed by atoms with Gasteiger partial charge in [0.05, 0.1) is 5.75 Å². The van der Waals surface area contributed by atoms with E-state index in [0.717, 1.165) is 11.3 Å². The maximum Gasteiger partial charge on any atom is 0.242 e. The summed E-state index contributed by atoms with van der Waals surface area (Å²) in [6.07, 6.45) is 0.519. The van der Waals surface area contributed by atoms with Gasteiger partial charge in [0, 0.05) is 28.9 Å². The molecule has 0 aliphatic carbocycles. The van der Waals surface area contributed by atoms with Crippen LogP contribution in [-0.2, 0) is 21.9 Å². The summed E-state index contributed by atoms with van der Waals surface area (Å²) in [6.45, 7) is 6.61. The number of nitrogens with zero attached hydrogens (tertiary/aromatic N) is 1. The van der Waals surface area contributed by atoms with Gasteiger partial charge in [0.25, 0.3) is 0 Å². The summed E-state index contributed by atoms with van der Waals surface area (Å²) in [7, 11) is 0. The molecule has 2 aromatic rings. The highest BCUT2D eigenvalue weighted by Gasteiger charge is 2.28. The summed E-state index contributed by atoms with van der Waals surface area (Å²) in [4.78, 5) is 27.4. The molecule has 2 amide bonds. The maximum atomic E-state index is 13.2. The van der Waals surface area contributed by atoms with Crippen molar-refractivity contribution in [2.24, 2.45) is 0 Å². The Labute approximate surface area is 193 Å². The first kappa shape index (κ1) is 24.6. The van der Waals surface area contributed by atoms with Gasteiger partial charge in [-0.2, -0.15) is 0 Å². The Morgan fingerprint density at radius 2 is 1.83 bits per heavy atom. The van der Waals surface area contributed by atoms with Gasteiger partial charge >= 0.3 is 0 Å². The number of benzene rings is 2. The van der Waals surface area contributed by atoms with E-state index in [2.05, 4.69) is 24.4 Å². The molecule has 2 aromatic carbocycles. The van der Waals surface area contributed by atoms with Crippen molar-refractivity contribution in [1.29, 1.82) is 0 Å². The molecule has 0 fully saturated rings. The lowest BCUT2D eigenvalue weighted by Crippen LogP contribution is -2.49. The van der Waals surface area contributed by atoms with Crippen LogP contribution < -0.4 is 5.32 Å². The number of amides is 2. The van der Waals surface area contributed by atoms with E-state index >= 15 is 0 Å². The molecule has 30 heavy (non-hydrogen) atoms. The average Bonchev–Trinajstić information content (AvgIpc) is 2.71. The zero-order valence-corrected chi connectivity index (χ0v) is 19.9. The summed E-state index contributed by atoms with van der Waals surface area (Å²) >= 11 is 13.9. The second-order valence-corrected chi connectivity index (χ2v) is 8.82. The first-order valence-electron chi connectivity index (χ1n) is 10.0. The second-order valence-electron chi connectivity index (χ2n) is 7.00. The molecule has 1 atom stereocenters. The van der Waals surface area contributed by atoms with Crippen LogP contribution >= 0.6 is 35.0 Å². The maximum absolute atomic E-state index is 13.2. The quantitative estimate of drug-likeness (QED) is 0.504. The van der Waals surface area contributed by atoms with Crippen LogP contribution in [0.2, 0.25) is 10.0 Å². The molecule has 2 rings (SSSR count). The number of nitrogens with one attached hydrogen (secondary N) is 1. The number of rotatable bonds is 10. The molecule has 0 saturated heterocycles. The van der Waals surface area contributed by atoms with Crippen molar-refractivity contribution in [1.82, 2.24) is 10.2 Å². The molecule has 0 heterocycles. The van der Waals surface area contributed by atoms with Gasteiger partial charge in [-0.3, -0.25) is 9.59 Å². The lowest BCUT2D eigenvalue weighted by atomic mass is 10.1. The van der Waals surface area contributed by atoms with Crippen molar-refractivity contribution < 1.29 is 9.59 Å². The molecule has 0 aromatic heterocycles. The minimum absolute atomic E-state index is 0.0855. The molecule has 0 radical (unpaired) electrons. The first-order valence-corrected chi connectivity index (χ1v) is 11.9. The number of carbonyl (C=O) groups is 2. The molecular weight excluding hydrogens is 439 g/mol. The molecule has 0 saturated carbocycles. The topological polar surface area (TPSA) is 49.4 Å². The minimum Gasteiger partial charge on any atom is -0.355 e. The Morgan fingerprint density at radius 1 is 1.10 bits per heavy atom. The number of likely N-dealkylation sites (N-methyl/N-ethyl adjacent to an activating group) is 1. The second kappa shape index (κ2) is 12.2. The molecule has 4 nitrogen and oxygen atoms in total. The molecular formula is C23H28Cl2N2O2S. The Balaban J connectivity index is 2.17. The summed E-state index contributed by atoms with van der Waals surface area (Å²) in [5.41, 5.74) is 3.18. The van der Waals surface area contributed by atoms with Gasteiger partial charge in [-0.05, 0) is 49.1 Å². The van der Waals surface area contributed by atoms with Crippen molar-refractivity contribution in [2.75, 3.05) is 12.3 Å². The lowest BCUT2D eigenvalue weighted by Gasteiger charge is -2.30. The Kier molecular flexibility index (Phi) is 10.0. The van der Waals surface area contributed by atoms with Crippen LogP contribution in [0.25, 0.3) is 0 Å². The van der Waals surface area contributed by atoms with Crippen molar-refractivity contribution >= 4 is 46.8 Å². The minimum atomic E-state index is -0.553. The number of hydrogen-bond acceptors (Lipinski definition) is 3. The van der Waals surface area contributed by atoms with Gasteiger partial charge in [0.1, 0.15) is 6.04 Å². The summed E-state index contributed by atoms with van der Waals surface area (Å²) in [5, 5.41) is 3.86. The van der Waals surface area contributed by atoms with Crippen molar-refractivity contribution in [3.05, 3.63) is 69.2 Å². The highest BCUT2D eigenvalue weighted by molar-refractivity contribution is 7.99. The highest BCUT2D eigenvalue weighted by Crippen LogP contribution is 2.24. The largest absolute Gasteiger partial charge is 0.355 e. The molecule has 162 valence electrons. The molecule has 7 heteroatoms. The van der Waals surface area contributed by atoms with E-state index in [1.54, 1.807) is 34.9 Å². The van der Waals surface area contributed by atoms with Crippen LogP contribution in [-0.4, -0.2) is 35.1 Å². The fourth-order valence-corrected chi connectivity index (χ4v) is 4.60. The lowest BCUT2D eigenvalue weighted by molar-refractivity contribution is -0.139. The zero-order valence-electron chi connectivity index (χ0n) is 17.6. The van der Waals surface area contributed by atoms with E-state index in [1.807, 2.05) is 26.0 Å². The smallest absolute Gasteiger partial charge is 0.242 e. The molecule has 0 aliphatic rings. The molecule has 1 N–H and O–H groups in total. The Hall–Kier alpha value is -1.69. The molecule has 0 spiro atoms. The predicted molar refractivity (Wildman–Crippen MR) is 127 cm³/mol. The molecule has 1 unspecified atom stereocenters. The van der Waals surface area contributed by atoms with Crippen molar-refractivity contribution in [2.45, 2.75) is 45.5 Å². The fourth-order valence-electron chi connectivity index (χ4n) is 3.15. The third-order valence-electron chi connectivity index (χ3n) is 4.84. The van der Waals surface area contributed by atoms with E-state index in [0.29, 0.717) is 23.0 Å². The first-order chi connectivity index (χ1) is 14.4. The number of halogens is 2. The van der Waals surface area contributed by atoms with Crippen molar-refractivity contribution in [3.8, 4) is 0 Å². The van der Waals surface area contributed by atoms with Gasteiger partial charge in [-0.25, -0.2) is 0 Å². The highest BCUT2D eigenvalue weighted by atomic mass is 35.5. The third-order valence-corrected chi connectivity index (χ3v) is 6.39. The number of thioether (sulfide) groups is 1. The van der Waals surface area contributed by atoms with Crippen molar-refractivity contribution in [3.63, 3.8) is 0 Å². The van der Waals surface area contributed by atoms with Crippen LogP contribution in [0.3, 0.4) is 0 Å². The fraction of sp³-hybridized carbons (Fsp3) is 0.391. The van der Waals surface area contributed by atoms with E-state index in [9.17, 15) is 9.59 Å². The summed E-state index contributed by atoms with van der Waals surface area (Å²) in [6, 6.07) is 12.8.